The van der Waals surface area contributed by atoms with Crippen LogP contribution in [0.4, 0.5) is 9.18 Å². The average molecular weight is 415 g/mol. The lowest BCUT2D eigenvalue weighted by Crippen LogP contribution is -2.43. The van der Waals surface area contributed by atoms with E-state index in [0.717, 1.165) is 11.3 Å². The van der Waals surface area contributed by atoms with E-state index in [1.54, 1.807) is 31.3 Å². The van der Waals surface area contributed by atoms with Crippen LogP contribution >= 0.6 is 0 Å². The number of methoxy groups -OCH3 is 2. The van der Waals surface area contributed by atoms with E-state index in [-0.39, 0.29) is 24.5 Å². The lowest BCUT2D eigenvalue weighted by atomic mass is 10.0. The van der Waals surface area contributed by atoms with Crippen LogP contribution in [0.5, 0.6) is 11.5 Å². The molecule has 2 aromatic rings. The predicted molar refractivity (Wildman–Crippen MR) is 111 cm³/mol. The third-order valence-electron chi connectivity index (χ3n) is 4.75. The van der Waals surface area contributed by atoms with Gasteiger partial charge in [-0.05, 0) is 42.8 Å². The second kappa shape index (κ2) is 9.96. The van der Waals surface area contributed by atoms with Crippen LogP contribution in [0.3, 0.4) is 0 Å². The Kier molecular flexibility index (Phi) is 7.11. The molecule has 0 saturated heterocycles. The van der Waals surface area contributed by atoms with Gasteiger partial charge in [0.1, 0.15) is 5.82 Å². The number of rotatable bonds is 8. The molecule has 0 aromatic heterocycles. The van der Waals surface area contributed by atoms with Crippen LogP contribution in [0, 0.1) is 5.82 Å². The molecule has 1 N–H and O–H groups in total. The molecule has 0 radical (unpaired) electrons. The molecule has 0 saturated carbocycles. The summed E-state index contributed by atoms with van der Waals surface area (Å²) in [5.74, 6) is 0.908. The van der Waals surface area contributed by atoms with E-state index in [9.17, 15) is 9.18 Å². The van der Waals surface area contributed by atoms with Crippen LogP contribution in [0.2, 0.25) is 0 Å². The first-order valence-corrected chi connectivity index (χ1v) is 9.76. The number of hydrogen-bond donors (Lipinski definition) is 1. The van der Waals surface area contributed by atoms with Crippen molar-refractivity contribution < 1.29 is 23.5 Å². The first-order valence-electron chi connectivity index (χ1n) is 9.76. The van der Waals surface area contributed by atoms with Crippen LogP contribution in [-0.2, 0) is 11.4 Å². The molecule has 3 rings (SSSR count). The van der Waals surface area contributed by atoms with E-state index in [1.165, 1.54) is 12.1 Å². The maximum Gasteiger partial charge on any atom is 0.317 e. The fourth-order valence-corrected chi connectivity index (χ4v) is 3.30. The Labute approximate surface area is 175 Å². The van der Waals surface area contributed by atoms with Crippen molar-refractivity contribution in [1.29, 1.82) is 0 Å². The minimum absolute atomic E-state index is 0.232. The number of nitrogens with zero attached hydrogens (tertiary/aromatic N) is 2. The molecule has 0 fully saturated rings. The van der Waals surface area contributed by atoms with Crippen LogP contribution in [-0.4, -0.2) is 50.1 Å². The molecule has 2 amide bonds. The quantitative estimate of drug-likeness (QED) is 0.716. The highest BCUT2D eigenvalue weighted by molar-refractivity contribution is 6.01. The Morgan fingerprint density at radius 1 is 1.23 bits per heavy atom. The number of carbonyl (C=O) groups excluding carboxylic acids is 1. The summed E-state index contributed by atoms with van der Waals surface area (Å²) in [5, 5.41) is 6.99. The van der Waals surface area contributed by atoms with Gasteiger partial charge in [-0.15, -0.1) is 0 Å². The number of amides is 2. The van der Waals surface area contributed by atoms with Crippen molar-refractivity contribution in [3.63, 3.8) is 0 Å². The summed E-state index contributed by atoms with van der Waals surface area (Å²) in [7, 11) is 3.16. The number of hydrogen-bond acceptors (Lipinski definition) is 5. The lowest BCUT2D eigenvalue weighted by molar-refractivity contribution is 0.0590. The molecule has 1 aliphatic heterocycles. The Morgan fingerprint density at radius 3 is 2.73 bits per heavy atom. The maximum absolute atomic E-state index is 13.5. The van der Waals surface area contributed by atoms with Gasteiger partial charge in [-0.3, -0.25) is 0 Å². The fourth-order valence-electron chi connectivity index (χ4n) is 3.30. The van der Waals surface area contributed by atoms with Gasteiger partial charge in [-0.25, -0.2) is 9.18 Å². The molecule has 0 spiro atoms. The topological polar surface area (TPSA) is 72.4 Å². The average Bonchev–Trinajstić information content (AvgIpc) is 3.21. The van der Waals surface area contributed by atoms with Crippen molar-refractivity contribution in [2.75, 3.05) is 27.3 Å². The van der Waals surface area contributed by atoms with Crippen molar-refractivity contribution in [3.8, 4) is 11.5 Å². The van der Waals surface area contributed by atoms with Crippen LogP contribution in [0.15, 0.2) is 47.6 Å². The SMILES string of the molecule is CCNC(=O)N(Cc1cccc(F)c1)C[C@@H]1CC(c2ccc(OC)c(OC)c2)=NO1. The van der Waals surface area contributed by atoms with E-state index in [4.69, 9.17) is 14.3 Å². The molecule has 30 heavy (non-hydrogen) atoms. The van der Waals surface area contributed by atoms with Crippen LogP contribution in [0.25, 0.3) is 0 Å². The zero-order valence-electron chi connectivity index (χ0n) is 17.4. The van der Waals surface area contributed by atoms with Gasteiger partial charge in [-0.2, -0.15) is 0 Å². The summed E-state index contributed by atoms with van der Waals surface area (Å²) in [6.07, 6.45) is 0.235. The fraction of sp³-hybridized carbons (Fsp3) is 0.364. The third-order valence-corrected chi connectivity index (χ3v) is 4.75. The number of ether oxygens (including phenoxy) is 2. The summed E-state index contributed by atoms with van der Waals surface area (Å²) in [5.41, 5.74) is 2.34. The van der Waals surface area contributed by atoms with Crippen LogP contribution < -0.4 is 14.8 Å². The van der Waals surface area contributed by atoms with Gasteiger partial charge in [0, 0.05) is 25.1 Å². The Morgan fingerprint density at radius 2 is 2.03 bits per heavy atom. The Balaban J connectivity index is 1.68. The third kappa shape index (κ3) is 5.20. The van der Waals surface area contributed by atoms with Gasteiger partial charge < -0.3 is 24.5 Å². The predicted octanol–water partition coefficient (Wildman–Crippen LogP) is 3.57. The monoisotopic (exact) mass is 415 g/mol. The molecule has 160 valence electrons. The molecule has 1 atom stereocenters. The Bertz CT molecular complexity index is 919. The molecule has 8 heteroatoms. The number of benzene rings is 2. The highest BCUT2D eigenvalue weighted by atomic mass is 19.1. The number of urea groups is 1. The molecule has 7 nitrogen and oxygen atoms in total. The van der Waals surface area contributed by atoms with E-state index in [2.05, 4.69) is 10.5 Å². The minimum atomic E-state index is -0.334. The van der Waals surface area contributed by atoms with Gasteiger partial charge in [0.05, 0.1) is 26.5 Å². The van der Waals surface area contributed by atoms with Gasteiger partial charge >= 0.3 is 6.03 Å². The normalized spacial score (nSPS) is 15.2. The minimum Gasteiger partial charge on any atom is -0.493 e. The van der Waals surface area contributed by atoms with E-state index >= 15 is 0 Å². The molecule has 0 aliphatic carbocycles. The maximum atomic E-state index is 13.5. The number of carbonyl (C=O) groups is 1. The second-order valence-electron chi connectivity index (χ2n) is 6.89. The number of halogens is 1. The molecular formula is C22H26FN3O4. The lowest BCUT2D eigenvalue weighted by Gasteiger charge is -2.25. The Hall–Kier alpha value is -3.29. The highest BCUT2D eigenvalue weighted by Gasteiger charge is 2.27. The van der Waals surface area contributed by atoms with Gasteiger partial charge in [0.15, 0.2) is 17.6 Å². The largest absolute Gasteiger partial charge is 0.493 e. The van der Waals surface area contributed by atoms with E-state index in [1.807, 2.05) is 25.1 Å². The second-order valence-corrected chi connectivity index (χ2v) is 6.89. The number of oxime groups is 1. The van der Waals surface area contributed by atoms with Crippen molar-refractivity contribution in [2.45, 2.75) is 26.0 Å². The molecule has 1 heterocycles. The van der Waals surface area contributed by atoms with Gasteiger partial charge in [0.25, 0.3) is 0 Å². The van der Waals surface area contributed by atoms with Crippen molar-refractivity contribution in [3.05, 3.63) is 59.4 Å². The van der Waals surface area contributed by atoms with Crippen molar-refractivity contribution >= 4 is 11.7 Å². The summed E-state index contributed by atoms with van der Waals surface area (Å²) in [6, 6.07) is 11.5. The summed E-state index contributed by atoms with van der Waals surface area (Å²) in [4.78, 5) is 19.7. The van der Waals surface area contributed by atoms with Crippen molar-refractivity contribution in [1.82, 2.24) is 10.2 Å². The molecule has 1 aliphatic rings. The van der Waals surface area contributed by atoms with Gasteiger partial charge in [-0.1, -0.05) is 17.3 Å². The van der Waals surface area contributed by atoms with Crippen LogP contribution in [0.1, 0.15) is 24.5 Å². The molecule has 0 unspecified atom stereocenters. The summed E-state index contributed by atoms with van der Waals surface area (Å²) >= 11 is 0. The van der Waals surface area contributed by atoms with Crippen molar-refractivity contribution in [2.24, 2.45) is 5.16 Å². The highest BCUT2D eigenvalue weighted by Crippen LogP contribution is 2.29. The summed E-state index contributed by atoms with van der Waals surface area (Å²) < 4.78 is 24.2. The molecule has 2 aromatic carbocycles. The smallest absolute Gasteiger partial charge is 0.317 e. The first-order chi connectivity index (χ1) is 14.5. The first kappa shape index (κ1) is 21.4. The van der Waals surface area contributed by atoms with E-state index < -0.39 is 0 Å². The zero-order valence-corrected chi connectivity index (χ0v) is 17.4. The zero-order chi connectivity index (χ0) is 21.5. The molecular weight excluding hydrogens is 389 g/mol. The standard InChI is InChI=1S/C22H26FN3O4/c1-4-24-22(27)26(13-15-6-5-7-17(23)10-15)14-18-12-19(25-30-18)16-8-9-20(28-2)21(11-16)29-3/h5-11,18H,4,12-14H2,1-3H3,(H,24,27)/t18-/m0/s1. The molecule has 0 bridgehead atoms. The van der Waals surface area contributed by atoms with Gasteiger partial charge in [0.2, 0.25) is 0 Å². The number of nitrogens with one attached hydrogen (secondary N) is 1. The summed E-state index contributed by atoms with van der Waals surface area (Å²) in [6.45, 7) is 2.94. The van der Waals surface area contributed by atoms with E-state index in [0.29, 0.717) is 36.6 Å².